The van der Waals surface area contributed by atoms with Gasteiger partial charge in [-0.3, -0.25) is 0 Å². The fraction of sp³-hybridized carbons (Fsp3) is 0.550. The first kappa shape index (κ1) is 17.0. The van der Waals surface area contributed by atoms with Gasteiger partial charge in [0.1, 0.15) is 18.0 Å². The largest absolute Gasteiger partial charge is 0.465 e. The Bertz CT molecular complexity index is 724. The Balaban J connectivity index is 2.16. The van der Waals surface area contributed by atoms with Crippen molar-refractivity contribution in [3.05, 3.63) is 46.4 Å². The van der Waals surface area contributed by atoms with Gasteiger partial charge in [0.25, 0.3) is 0 Å². The summed E-state index contributed by atoms with van der Waals surface area (Å²) in [5.74, 6) is 0.489. The van der Waals surface area contributed by atoms with Crippen LogP contribution < -0.4 is 0 Å². The van der Waals surface area contributed by atoms with Crippen LogP contribution in [-0.2, 0) is 9.53 Å². The van der Waals surface area contributed by atoms with Crippen molar-refractivity contribution in [1.82, 2.24) is 0 Å². The van der Waals surface area contributed by atoms with Gasteiger partial charge in [0.2, 0.25) is 0 Å². The average Bonchev–Trinajstić information content (AvgIpc) is 2.94. The molecule has 0 saturated carbocycles. The Labute approximate surface area is 143 Å². The molecule has 2 aliphatic rings. The molecule has 1 N–H and O–H groups in total. The summed E-state index contributed by atoms with van der Waals surface area (Å²) in [6, 6.07) is 0. The van der Waals surface area contributed by atoms with Crippen molar-refractivity contribution in [2.75, 3.05) is 0 Å². The number of furan rings is 1. The molecule has 1 aromatic heterocycles. The zero-order chi connectivity index (χ0) is 17.6. The number of rotatable bonds is 2. The van der Waals surface area contributed by atoms with Crippen molar-refractivity contribution in [2.45, 2.75) is 59.7 Å². The standard InChI is InChI=1S/C20H26O4/c1-6-11(2)19(22)24-18-15-12(3)10-23-17(15)16(21)14-9-7-8-13(4)20(14,18)5/h6,9-10,13,16,18,21H,7-8H2,1-5H3/t13-,16+,18+,20+/m0/s1. The molecule has 0 aromatic carbocycles. The van der Waals surface area contributed by atoms with Crippen molar-refractivity contribution >= 4 is 5.97 Å². The lowest BCUT2D eigenvalue weighted by Crippen LogP contribution is -2.44. The highest BCUT2D eigenvalue weighted by atomic mass is 16.5. The van der Waals surface area contributed by atoms with Gasteiger partial charge in [0, 0.05) is 16.6 Å². The average molecular weight is 330 g/mol. The van der Waals surface area contributed by atoms with E-state index in [0.29, 0.717) is 17.3 Å². The van der Waals surface area contributed by atoms with Gasteiger partial charge in [-0.1, -0.05) is 26.0 Å². The predicted molar refractivity (Wildman–Crippen MR) is 91.3 cm³/mol. The molecule has 4 heteroatoms. The Hall–Kier alpha value is -1.81. The van der Waals surface area contributed by atoms with E-state index >= 15 is 0 Å². The van der Waals surface area contributed by atoms with Crippen LogP contribution in [0.5, 0.6) is 0 Å². The van der Waals surface area contributed by atoms with Gasteiger partial charge in [0.05, 0.1) is 6.26 Å². The molecular formula is C20H26O4. The minimum absolute atomic E-state index is 0.290. The van der Waals surface area contributed by atoms with E-state index in [-0.39, 0.29) is 5.97 Å². The fourth-order valence-corrected chi connectivity index (χ4v) is 4.07. The minimum atomic E-state index is -0.765. The molecule has 0 spiro atoms. The highest BCUT2D eigenvalue weighted by Gasteiger charge is 2.54. The molecule has 0 unspecified atom stereocenters. The Morgan fingerprint density at radius 1 is 1.50 bits per heavy atom. The maximum absolute atomic E-state index is 12.5. The second-order valence-electron chi connectivity index (χ2n) is 7.28. The Morgan fingerprint density at radius 2 is 2.21 bits per heavy atom. The third-order valence-electron chi connectivity index (χ3n) is 5.99. The molecule has 4 nitrogen and oxygen atoms in total. The van der Waals surface area contributed by atoms with Gasteiger partial charge in [-0.25, -0.2) is 4.79 Å². The lowest BCUT2D eigenvalue weighted by atomic mass is 9.58. The molecule has 0 radical (unpaired) electrons. The van der Waals surface area contributed by atoms with Crippen LogP contribution in [-0.4, -0.2) is 11.1 Å². The van der Waals surface area contributed by atoms with Crippen LogP contribution in [0.25, 0.3) is 0 Å². The minimum Gasteiger partial charge on any atom is -0.465 e. The first-order chi connectivity index (χ1) is 11.3. The number of allylic oxidation sites excluding steroid dienone is 2. The van der Waals surface area contributed by atoms with Gasteiger partial charge < -0.3 is 14.3 Å². The summed E-state index contributed by atoms with van der Waals surface area (Å²) in [5.41, 5.74) is 2.81. The van der Waals surface area contributed by atoms with Gasteiger partial charge in [-0.05, 0) is 50.7 Å². The summed E-state index contributed by atoms with van der Waals surface area (Å²) in [6.45, 7) is 9.79. The zero-order valence-corrected chi connectivity index (χ0v) is 15.1. The van der Waals surface area contributed by atoms with Crippen LogP contribution in [0.2, 0.25) is 0 Å². The third kappa shape index (κ3) is 2.27. The van der Waals surface area contributed by atoms with Crippen molar-refractivity contribution in [3.63, 3.8) is 0 Å². The highest BCUT2D eigenvalue weighted by Crippen LogP contribution is 2.60. The molecule has 1 heterocycles. The highest BCUT2D eigenvalue weighted by molar-refractivity contribution is 5.88. The number of fused-ring (bicyclic) bond motifs is 2. The van der Waals surface area contributed by atoms with Crippen molar-refractivity contribution in [2.24, 2.45) is 11.3 Å². The molecule has 4 atom stereocenters. The lowest BCUT2D eigenvalue weighted by Gasteiger charge is -2.50. The molecule has 0 amide bonds. The first-order valence-corrected chi connectivity index (χ1v) is 8.62. The molecule has 0 fully saturated rings. The summed E-state index contributed by atoms with van der Waals surface area (Å²) < 4.78 is 11.6. The quantitative estimate of drug-likeness (QED) is 0.491. The predicted octanol–water partition coefficient (Wildman–Crippen LogP) is 4.55. The number of hydrogen-bond acceptors (Lipinski definition) is 4. The van der Waals surface area contributed by atoms with E-state index in [9.17, 15) is 9.90 Å². The SMILES string of the molecule is CC=C(C)C(=O)O[C@@H]1c2c(C)coc2[C@H](O)C2=CCC[C@H](C)[C@]21C. The number of carbonyl (C=O) groups excluding carboxylic acids is 1. The number of aryl methyl sites for hydroxylation is 1. The number of aliphatic hydroxyl groups is 1. The van der Waals surface area contributed by atoms with Crippen LogP contribution in [0.15, 0.2) is 34.0 Å². The second-order valence-corrected chi connectivity index (χ2v) is 7.28. The molecule has 2 aliphatic carbocycles. The fourth-order valence-electron chi connectivity index (χ4n) is 4.07. The Kier molecular flexibility index (Phi) is 4.20. The van der Waals surface area contributed by atoms with Crippen molar-refractivity contribution in [1.29, 1.82) is 0 Å². The van der Waals surface area contributed by atoms with E-state index in [2.05, 4.69) is 19.9 Å². The van der Waals surface area contributed by atoms with Gasteiger partial charge >= 0.3 is 5.97 Å². The van der Waals surface area contributed by atoms with Crippen LogP contribution in [0.3, 0.4) is 0 Å². The lowest BCUT2D eigenvalue weighted by molar-refractivity contribution is -0.155. The topological polar surface area (TPSA) is 59.7 Å². The van der Waals surface area contributed by atoms with Crippen molar-refractivity contribution < 1.29 is 19.1 Å². The van der Waals surface area contributed by atoms with E-state index in [1.807, 2.05) is 13.8 Å². The number of hydrogen-bond donors (Lipinski definition) is 1. The molecule has 0 aliphatic heterocycles. The zero-order valence-electron chi connectivity index (χ0n) is 15.1. The van der Waals surface area contributed by atoms with Crippen LogP contribution in [0.1, 0.15) is 69.6 Å². The number of carbonyl (C=O) groups is 1. The number of esters is 1. The van der Waals surface area contributed by atoms with Gasteiger partial charge in [-0.15, -0.1) is 0 Å². The molecule has 130 valence electrons. The van der Waals surface area contributed by atoms with E-state index in [0.717, 1.165) is 29.5 Å². The van der Waals surface area contributed by atoms with Crippen LogP contribution in [0, 0.1) is 18.3 Å². The molecule has 0 saturated heterocycles. The van der Waals surface area contributed by atoms with E-state index < -0.39 is 17.6 Å². The first-order valence-electron chi connectivity index (χ1n) is 8.62. The van der Waals surface area contributed by atoms with Crippen LogP contribution in [0.4, 0.5) is 0 Å². The number of ether oxygens (including phenoxy) is 1. The van der Waals surface area contributed by atoms with E-state index in [1.54, 1.807) is 19.3 Å². The molecule has 0 bridgehead atoms. The third-order valence-corrected chi connectivity index (χ3v) is 5.99. The summed E-state index contributed by atoms with van der Waals surface area (Å²) in [5, 5.41) is 10.8. The number of aliphatic hydroxyl groups excluding tert-OH is 1. The normalized spacial score (nSPS) is 32.7. The molecule has 1 aromatic rings. The smallest absolute Gasteiger partial charge is 0.334 e. The van der Waals surface area contributed by atoms with Crippen molar-refractivity contribution in [3.8, 4) is 0 Å². The maximum atomic E-state index is 12.5. The van der Waals surface area contributed by atoms with E-state index in [1.165, 1.54) is 0 Å². The van der Waals surface area contributed by atoms with Gasteiger partial charge in [0.15, 0.2) is 0 Å². The van der Waals surface area contributed by atoms with Gasteiger partial charge in [-0.2, -0.15) is 0 Å². The molecule has 24 heavy (non-hydrogen) atoms. The summed E-state index contributed by atoms with van der Waals surface area (Å²) >= 11 is 0. The summed E-state index contributed by atoms with van der Waals surface area (Å²) in [6.07, 6.45) is 6.21. The summed E-state index contributed by atoms with van der Waals surface area (Å²) in [4.78, 5) is 12.5. The maximum Gasteiger partial charge on any atom is 0.334 e. The summed E-state index contributed by atoms with van der Waals surface area (Å²) in [7, 11) is 0. The monoisotopic (exact) mass is 330 g/mol. The molecule has 3 rings (SSSR count). The van der Waals surface area contributed by atoms with Crippen LogP contribution >= 0.6 is 0 Å². The second kappa shape index (κ2) is 5.92. The van der Waals surface area contributed by atoms with E-state index in [4.69, 9.17) is 9.15 Å². The molecular weight excluding hydrogens is 304 g/mol. The Morgan fingerprint density at radius 3 is 2.88 bits per heavy atom.